The van der Waals surface area contributed by atoms with Gasteiger partial charge in [0.05, 0.1) is 18.8 Å². The standard InChI is InChI=1S/C19H23ClN6/c1-13-17(9-21-16-7-8-19-22-12-23-26(19)11-16)14(2)25(24-13)10-15-5-3-4-6-18(15)20/h3-6,12,16,21H,7-11H2,1-2H3. The third-order valence-corrected chi connectivity index (χ3v) is 5.55. The summed E-state index contributed by atoms with van der Waals surface area (Å²) in [5.74, 6) is 1.09. The van der Waals surface area contributed by atoms with Crippen LogP contribution in [0.2, 0.25) is 5.02 Å². The van der Waals surface area contributed by atoms with E-state index in [2.05, 4.69) is 35.3 Å². The number of halogens is 1. The normalized spacial score (nSPS) is 16.7. The van der Waals surface area contributed by atoms with E-state index in [1.807, 2.05) is 27.6 Å². The van der Waals surface area contributed by atoms with Gasteiger partial charge in [0.2, 0.25) is 0 Å². The summed E-state index contributed by atoms with van der Waals surface area (Å²) in [6.45, 7) is 6.59. The van der Waals surface area contributed by atoms with Crippen molar-refractivity contribution in [1.29, 1.82) is 0 Å². The Bertz CT molecular complexity index is 913. The number of nitrogens with one attached hydrogen (secondary N) is 1. The molecule has 1 N–H and O–H groups in total. The summed E-state index contributed by atoms with van der Waals surface area (Å²) in [7, 11) is 0. The van der Waals surface area contributed by atoms with Crippen LogP contribution in [0.5, 0.6) is 0 Å². The molecule has 0 bridgehead atoms. The van der Waals surface area contributed by atoms with Crippen LogP contribution in [-0.2, 0) is 26.1 Å². The lowest BCUT2D eigenvalue weighted by Gasteiger charge is -2.23. The average molecular weight is 371 g/mol. The van der Waals surface area contributed by atoms with Crippen LogP contribution in [0.1, 0.15) is 34.8 Å². The summed E-state index contributed by atoms with van der Waals surface area (Å²) in [5, 5.41) is 13.5. The maximum Gasteiger partial charge on any atom is 0.138 e. The molecule has 3 heterocycles. The molecule has 2 aromatic heterocycles. The van der Waals surface area contributed by atoms with Crippen LogP contribution in [-0.4, -0.2) is 30.6 Å². The van der Waals surface area contributed by atoms with Crippen molar-refractivity contribution in [2.45, 2.75) is 52.4 Å². The number of benzene rings is 1. The molecule has 1 unspecified atom stereocenters. The van der Waals surface area contributed by atoms with Gasteiger partial charge in [-0.15, -0.1) is 0 Å². The summed E-state index contributed by atoms with van der Waals surface area (Å²) in [4.78, 5) is 4.29. The zero-order valence-electron chi connectivity index (χ0n) is 15.1. The third-order valence-electron chi connectivity index (χ3n) is 5.18. The summed E-state index contributed by atoms with van der Waals surface area (Å²) in [6.07, 6.45) is 3.71. The van der Waals surface area contributed by atoms with Gasteiger partial charge in [0, 0.05) is 35.3 Å². The highest BCUT2D eigenvalue weighted by atomic mass is 35.5. The maximum absolute atomic E-state index is 6.30. The van der Waals surface area contributed by atoms with Crippen LogP contribution in [0.4, 0.5) is 0 Å². The first-order valence-corrected chi connectivity index (χ1v) is 9.36. The monoisotopic (exact) mass is 370 g/mol. The van der Waals surface area contributed by atoms with Crippen LogP contribution in [0.25, 0.3) is 0 Å². The lowest BCUT2D eigenvalue weighted by molar-refractivity contribution is 0.357. The molecule has 7 heteroatoms. The lowest BCUT2D eigenvalue weighted by Crippen LogP contribution is -2.37. The van der Waals surface area contributed by atoms with E-state index >= 15 is 0 Å². The van der Waals surface area contributed by atoms with Crippen LogP contribution in [0, 0.1) is 13.8 Å². The molecule has 0 saturated carbocycles. The van der Waals surface area contributed by atoms with Crippen molar-refractivity contribution in [3.63, 3.8) is 0 Å². The zero-order chi connectivity index (χ0) is 18.1. The van der Waals surface area contributed by atoms with Crippen LogP contribution >= 0.6 is 11.6 Å². The first-order chi connectivity index (χ1) is 12.6. The highest BCUT2D eigenvalue weighted by molar-refractivity contribution is 6.31. The third kappa shape index (κ3) is 3.39. The molecule has 1 aliphatic heterocycles. The molecule has 0 spiro atoms. The van der Waals surface area contributed by atoms with Crippen molar-refractivity contribution in [2.24, 2.45) is 0 Å². The molecule has 0 radical (unpaired) electrons. The van der Waals surface area contributed by atoms with Crippen molar-refractivity contribution < 1.29 is 0 Å². The highest BCUT2D eigenvalue weighted by Crippen LogP contribution is 2.20. The predicted octanol–water partition coefficient (Wildman–Crippen LogP) is 2.90. The first-order valence-electron chi connectivity index (χ1n) is 8.98. The van der Waals surface area contributed by atoms with E-state index in [0.29, 0.717) is 12.6 Å². The number of hydrogen-bond donors (Lipinski definition) is 1. The topological polar surface area (TPSA) is 60.6 Å². The Balaban J connectivity index is 1.44. The van der Waals surface area contributed by atoms with Crippen molar-refractivity contribution >= 4 is 11.6 Å². The first kappa shape index (κ1) is 17.2. The van der Waals surface area contributed by atoms with Gasteiger partial charge in [-0.05, 0) is 31.9 Å². The maximum atomic E-state index is 6.30. The minimum atomic E-state index is 0.412. The SMILES string of the molecule is Cc1nn(Cc2ccccc2Cl)c(C)c1CNC1CCc2ncnn2C1. The van der Waals surface area contributed by atoms with Gasteiger partial charge in [-0.3, -0.25) is 4.68 Å². The quantitative estimate of drug-likeness (QED) is 0.750. The summed E-state index contributed by atoms with van der Waals surface area (Å²) >= 11 is 6.30. The highest BCUT2D eigenvalue weighted by Gasteiger charge is 2.20. The molecule has 0 aliphatic carbocycles. The smallest absolute Gasteiger partial charge is 0.138 e. The van der Waals surface area contributed by atoms with E-state index in [-0.39, 0.29) is 0 Å². The lowest BCUT2D eigenvalue weighted by atomic mass is 10.1. The van der Waals surface area contributed by atoms with Crippen molar-refractivity contribution in [3.05, 3.63) is 64.0 Å². The molecule has 6 nitrogen and oxygen atoms in total. The van der Waals surface area contributed by atoms with Gasteiger partial charge in [-0.25, -0.2) is 9.67 Å². The van der Waals surface area contributed by atoms with Crippen molar-refractivity contribution in [2.75, 3.05) is 0 Å². The van der Waals surface area contributed by atoms with Gasteiger partial charge in [0.15, 0.2) is 0 Å². The van der Waals surface area contributed by atoms with Gasteiger partial charge in [-0.2, -0.15) is 10.2 Å². The van der Waals surface area contributed by atoms with Gasteiger partial charge in [-0.1, -0.05) is 29.8 Å². The number of rotatable bonds is 5. The van der Waals surface area contributed by atoms with Crippen molar-refractivity contribution in [1.82, 2.24) is 29.9 Å². The molecule has 0 fully saturated rings. The number of aromatic nitrogens is 5. The Morgan fingerprint density at radius 3 is 2.96 bits per heavy atom. The summed E-state index contributed by atoms with van der Waals surface area (Å²) in [6, 6.07) is 8.35. The van der Waals surface area contributed by atoms with Gasteiger partial charge in [0.1, 0.15) is 12.2 Å². The van der Waals surface area contributed by atoms with E-state index in [9.17, 15) is 0 Å². The summed E-state index contributed by atoms with van der Waals surface area (Å²) in [5.41, 5.74) is 4.61. The van der Waals surface area contributed by atoms with Crippen LogP contribution < -0.4 is 5.32 Å². The number of hydrogen-bond acceptors (Lipinski definition) is 4. The van der Waals surface area contributed by atoms with E-state index in [0.717, 1.165) is 48.0 Å². The van der Waals surface area contributed by atoms with Gasteiger partial charge in [0.25, 0.3) is 0 Å². The van der Waals surface area contributed by atoms with Crippen LogP contribution in [0.15, 0.2) is 30.6 Å². The number of aryl methyl sites for hydroxylation is 2. The molecule has 0 amide bonds. The largest absolute Gasteiger partial charge is 0.308 e. The molecule has 136 valence electrons. The van der Waals surface area contributed by atoms with Gasteiger partial charge < -0.3 is 5.32 Å². The van der Waals surface area contributed by atoms with E-state index in [4.69, 9.17) is 16.7 Å². The second kappa shape index (κ2) is 7.21. The van der Waals surface area contributed by atoms with Crippen molar-refractivity contribution in [3.8, 4) is 0 Å². The predicted molar refractivity (Wildman–Crippen MR) is 101 cm³/mol. The second-order valence-corrected chi connectivity index (χ2v) is 7.28. The number of nitrogens with zero attached hydrogens (tertiary/aromatic N) is 5. The van der Waals surface area contributed by atoms with Crippen LogP contribution in [0.3, 0.4) is 0 Å². The fraction of sp³-hybridized carbons (Fsp3) is 0.421. The zero-order valence-corrected chi connectivity index (χ0v) is 15.9. The minimum Gasteiger partial charge on any atom is -0.308 e. The Morgan fingerprint density at radius 2 is 2.12 bits per heavy atom. The van der Waals surface area contributed by atoms with E-state index in [1.165, 1.54) is 11.3 Å². The fourth-order valence-corrected chi connectivity index (χ4v) is 3.78. The molecular weight excluding hydrogens is 348 g/mol. The molecule has 1 aromatic carbocycles. The molecule has 4 rings (SSSR count). The molecule has 3 aromatic rings. The number of fused-ring (bicyclic) bond motifs is 1. The fourth-order valence-electron chi connectivity index (χ4n) is 3.58. The molecule has 26 heavy (non-hydrogen) atoms. The van der Waals surface area contributed by atoms with E-state index < -0.39 is 0 Å². The Labute approximate surface area is 158 Å². The Morgan fingerprint density at radius 1 is 1.27 bits per heavy atom. The molecular formula is C19H23ClN6. The Hall–Kier alpha value is -2.18. The minimum absolute atomic E-state index is 0.412. The van der Waals surface area contributed by atoms with Gasteiger partial charge >= 0.3 is 0 Å². The molecule has 0 saturated heterocycles. The average Bonchev–Trinajstić information content (AvgIpc) is 3.20. The second-order valence-electron chi connectivity index (χ2n) is 6.87. The van der Waals surface area contributed by atoms with E-state index in [1.54, 1.807) is 6.33 Å². The molecule has 1 atom stereocenters. The Kier molecular flexibility index (Phi) is 4.78. The molecule has 1 aliphatic rings. The summed E-state index contributed by atoms with van der Waals surface area (Å²) < 4.78 is 4.05.